The zero-order valence-corrected chi connectivity index (χ0v) is 11.9. The Morgan fingerprint density at radius 2 is 1.76 bits per heavy atom. The number of nitrogens with one attached hydrogen (secondary N) is 1. The highest BCUT2D eigenvalue weighted by molar-refractivity contribution is 6.06. The molecule has 0 spiro atoms. The third-order valence-electron chi connectivity index (χ3n) is 3.22. The SMILES string of the molecule is Cc1ccc(C)c(C(=O)NCc2ccccn2)c1C(=O)O. The summed E-state index contributed by atoms with van der Waals surface area (Å²) in [7, 11) is 0. The predicted octanol–water partition coefficient (Wildman–Crippen LogP) is 2.33. The minimum atomic E-state index is -1.10. The number of nitrogens with zero attached hydrogens (tertiary/aromatic N) is 1. The van der Waals surface area contributed by atoms with Gasteiger partial charge in [0.25, 0.3) is 5.91 Å². The highest BCUT2D eigenvalue weighted by atomic mass is 16.4. The summed E-state index contributed by atoms with van der Waals surface area (Å²) in [4.78, 5) is 27.8. The topological polar surface area (TPSA) is 79.3 Å². The number of aromatic carboxylic acids is 1. The Bertz CT molecular complexity index is 681. The molecule has 2 N–H and O–H groups in total. The van der Waals surface area contributed by atoms with Crippen molar-refractivity contribution in [1.29, 1.82) is 0 Å². The molecule has 0 aliphatic heterocycles. The molecule has 2 aromatic rings. The van der Waals surface area contributed by atoms with Crippen molar-refractivity contribution in [3.05, 3.63) is 64.5 Å². The van der Waals surface area contributed by atoms with E-state index in [1.54, 1.807) is 44.3 Å². The number of carboxylic acids is 1. The number of hydrogen-bond acceptors (Lipinski definition) is 3. The monoisotopic (exact) mass is 284 g/mol. The van der Waals surface area contributed by atoms with E-state index in [4.69, 9.17) is 0 Å². The summed E-state index contributed by atoms with van der Waals surface area (Å²) in [6.45, 7) is 3.66. The van der Waals surface area contributed by atoms with Crippen LogP contribution < -0.4 is 5.32 Å². The van der Waals surface area contributed by atoms with Gasteiger partial charge in [-0.2, -0.15) is 0 Å². The van der Waals surface area contributed by atoms with E-state index in [1.807, 2.05) is 6.07 Å². The van der Waals surface area contributed by atoms with Crippen molar-refractivity contribution in [3.63, 3.8) is 0 Å². The molecule has 1 amide bonds. The number of carbonyl (C=O) groups is 2. The Hall–Kier alpha value is -2.69. The lowest BCUT2D eigenvalue weighted by molar-refractivity contribution is 0.0690. The average molecular weight is 284 g/mol. The normalized spacial score (nSPS) is 10.2. The number of benzene rings is 1. The maximum atomic E-state index is 12.3. The van der Waals surface area contributed by atoms with Crippen molar-refractivity contribution in [2.75, 3.05) is 0 Å². The van der Waals surface area contributed by atoms with Gasteiger partial charge >= 0.3 is 5.97 Å². The van der Waals surface area contributed by atoms with Crippen LogP contribution in [0.1, 0.15) is 37.5 Å². The first-order valence-corrected chi connectivity index (χ1v) is 6.52. The summed E-state index contributed by atoms with van der Waals surface area (Å²) >= 11 is 0. The number of pyridine rings is 1. The summed E-state index contributed by atoms with van der Waals surface area (Å²) in [5.74, 6) is -1.50. The van der Waals surface area contributed by atoms with Gasteiger partial charge in [0.05, 0.1) is 23.4 Å². The summed E-state index contributed by atoms with van der Waals surface area (Å²) in [6.07, 6.45) is 1.64. The highest BCUT2D eigenvalue weighted by Crippen LogP contribution is 2.19. The molecular formula is C16H16N2O3. The van der Waals surface area contributed by atoms with Crippen LogP contribution in [0.3, 0.4) is 0 Å². The molecule has 5 nitrogen and oxygen atoms in total. The molecule has 0 aliphatic carbocycles. The second kappa shape index (κ2) is 6.17. The van der Waals surface area contributed by atoms with Gasteiger partial charge in [0, 0.05) is 6.20 Å². The van der Waals surface area contributed by atoms with Crippen molar-refractivity contribution >= 4 is 11.9 Å². The zero-order chi connectivity index (χ0) is 15.4. The first-order valence-electron chi connectivity index (χ1n) is 6.52. The van der Waals surface area contributed by atoms with Crippen LogP contribution >= 0.6 is 0 Å². The number of hydrogen-bond donors (Lipinski definition) is 2. The molecule has 1 heterocycles. The van der Waals surface area contributed by atoms with Crippen molar-refractivity contribution in [2.45, 2.75) is 20.4 Å². The van der Waals surface area contributed by atoms with Gasteiger partial charge < -0.3 is 10.4 Å². The van der Waals surface area contributed by atoms with Crippen molar-refractivity contribution in [1.82, 2.24) is 10.3 Å². The van der Waals surface area contributed by atoms with Gasteiger partial charge in [-0.25, -0.2) is 4.79 Å². The molecule has 0 saturated heterocycles. The Balaban J connectivity index is 2.27. The first-order chi connectivity index (χ1) is 10.0. The van der Waals surface area contributed by atoms with Crippen LogP contribution in [0.25, 0.3) is 0 Å². The fourth-order valence-electron chi connectivity index (χ4n) is 2.14. The van der Waals surface area contributed by atoms with Crippen LogP contribution in [-0.2, 0) is 6.54 Å². The minimum Gasteiger partial charge on any atom is -0.478 e. The van der Waals surface area contributed by atoms with E-state index in [1.165, 1.54) is 0 Å². The fraction of sp³-hybridized carbons (Fsp3) is 0.188. The van der Waals surface area contributed by atoms with E-state index in [2.05, 4.69) is 10.3 Å². The standard InChI is InChI=1S/C16H16N2O3/c1-10-6-7-11(2)14(16(20)21)13(10)15(19)18-9-12-5-3-4-8-17-12/h3-8H,9H2,1-2H3,(H,18,19)(H,20,21). The maximum Gasteiger partial charge on any atom is 0.336 e. The van der Waals surface area contributed by atoms with E-state index >= 15 is 0 Å². The van der Waals surface area contributed by atoms with Gasteiger partial charge in [-0.1, -0.05) is 18.2 Å². The molecule has 1 aromatic heterocycles. The van der Waals surface area contributed by atoms with Crippen LogP contribution in [0, 0.1) is 13.8 Å². The molecule has 0 saturated carbocycles. The van der Waals surface area contributed by atoms with Crippen molar-refractivity contribution in [2.24, 2.45) is 0 Å². The summed E-state index contributed by atoms with van der Waals surface area (Å²) < 4.78 is 0. The summed E-state index contributed by atoms with van der Waals surface area (Å²) in [5.41, 5.74) is 2.17. The molecule has 0 unspecified atom stereocenters. The van der Waals surface area contributed by atoms with Gasteiger partial charge in [0.15, 0.2) is 0 Å². The Kier molecular flexibility index (Phi) is 4.33. The van der Waals surface area contributed by atoms with E-state index in [9.17, 15) is 14.7 Å². The number of rotatable bonds is 4. The van der Waals surface area contributed by atoms with Crippen LogP contribution in [0.4, 0.5) is 0 Å². The smallest absolute Gasteiger partial charge is 0.336 e. The van der Waals surface area contributed by atoms with Gasteiger partial charge in [-0.15, -0.1) is 0 Å². The summed E-state index contributed by atoms with van der Waals surface area (Å²) in [5, 5.41) is 12.0. The van der Waals surface area contributed by atoms with Crippen molar-refractivity contribution in [3.8, 4) is 0 Å². The lowest BCUT2D eigenvalue weighted by atomic mass is 9.96. The maximum absolute atomic E-state index is 12.3. The molecule has 0 bridgehead atoms. The average Bonchev–Trinajstić information content (AvgIpc) is 2.47. The highest BCUT2D eigenvalue weighted by Gasteiger charge is 2.21. The number of carbonyl (C=O) groups excluding carboxylic acids is 1. The number of amides is 1. The van der Waals surface area contributed by atoms with Gasteiger partial charge in [-0.3, -0.25) is 9.78 Å². The van der Waals surface area contributed by atoms with E-state index in [0.29, 0.717) is 16.8 Å². The van der Waals surface area contributed by atoms with Crippen LogP contribution in [-0.4, -0.2) is 22.0 Å². The van der Waals surface area contributed by atoms with Gasteiger partial charge in [0.2, 0.25) is 0 Å². The first kappa shape index (κ1) is 14.7. The molecular weight excluding hydrogens is 268 g/mol. The molecule has 1 aromatic carbocycles. The molecule has 0 aliphatic rings. The van der Waals surface area contributed by atoms with Crippen LogP contribution in [0.5, 0.6) is 0 Å². The Labute approximate surface area is 122 Å². The molecule has 0 radical (unpaired) electrons. The second-order valence-corrected chi connectivity index (χ2v) is 4.76. The molecule has 2 rings (SSSR count). The zero-order valence-electron chi connectivity index (χ0n) is 11.9. The predicted molar refractivity (Wildman–Crippen MR) is 78.3 cm³/mol. The van der Waals surface area contributed by atoms with E-state index in [-0.39, 0.29) is 17.7 Å². The quantitative estimate of drug-likeness (QED) is 0.903. The third kappa shape index (κ3) is 3.25. The summed E-state index contributed by atoms with van der Waals surface area (Å²) in [6, 6.07) is 8.86. The van der Waals surface area contributed by atoms with Gasteiger partial charge in [0.1, 0.15) is 0 Å². The van der Waals surface area contributed by atoms with E-state index in [0.717, 1.165) is 0 Å². The molecule has 21 heavy (non-hydrogen) atoms. The third-order valence-corrected chi connectivity index (χ3v) is 3.22. The number of aromatic nitrogens is 1. The number of carboxylic acid groups (broad SMARTS) is 1. The Morgan fingerprint density at radius 3 is 2.33 bits per heavy atom. The Morgan fingerprint density at radius 1 is 1.10 bits per heavy atom. The van der Waals surface area contributed by atoms with E-state index < -0.39 is 11.9 Å². The van der Waals surface area contributed by atoms with Crippen LogP contribution in [0.15, 0.2) is 36.5 Å². The molecule has 0 fully saturated rings. The largest absolute Gasteiger partial charge is 0.478 e. The minimum absolute atomic E-state index is 0.0496. The van der Waals surface area contributed by atoms with Crippen LogP contribution in [0.2, 0.25) is 0 Å². The molecule has 5 heteroatoms. The molecule has 0 atom stereocenters. The molecule has 108 valence electrons. The fourth-order valence-corrected chi connectivity index (χ4v) is 2.14. The lowest BCUT2D eigenvalue weighted by Crippen LogP contribution is -2.26. The number of aryl methyl sites for hydroxylation is 2. The lowest BCUT2D eigenvalue weighted by Gasteiger charge is -2.12. The second-order valence-electron chi connectivity index (χ2n) is 4.76. The van der Waals surface area contributed by atoms with Crippen molar-refractivity contribution < 1.29 is 14.7 Å². The van der Waals surface area contributed by atoms with Gasteiger partial charge in [-0.05, 0) is 37.1 Å².